The van der Waals surface area contributed by atoms with Crippen LogP contribution in [0.4, 0.5) is 0 Å². The highest BCUT2D eigenvalue weighted by Crippen LogP contribution is 2.33. The van der Waals surface area contributed by atoms with Gasteiger partial charge in [0.2, 0.25) is 0 Å². The monoisotopic (exact) mass is 325 g/mol. The van der Waals surface area contributed by atoms with Gasteiger partial charge in [-0.1, -0.05) is 12.1 Å². The van der Waals surface area contributed by atoms with E-state index in [1.54, 1.807) is 18.4 Å². The summed E-state index contributed by atoms with van der Waals surface area (Å²) in [5.74, 6) is 0.884. The summed E-state index contributed by atoms with van der Waals surface area (Å²) in [7, 11) is 1.68. The van der Waals surface area contributed by atoms with Gasteiger partial charge in [-0.2, -0.15) is 0 Å². The fraction of sp³-hybridized carbons (Fsp3) is 0.286. The molecule has 0 saturated heterocycles. The first-order valence-corrected chi connectivity index (χ1v) is 7.30. The molecule has 2 nitrogen and oxygen atoms in total. The van der Waals surface area contributed by atoms with Gasteiger partial charge in [0, 0.05) is 4.88 Å². The third-order valence-electron chi connectivity index (χ3n) is 3.05. The minimum Gasteiger partial charge on any atom is -0.496 e. The Morgan fingerprint density at radius 2 is 2.00 bits per heavy atom. The molecule has 0 aliphatic heterocycles. The molecule has 2 rings (SSSR count). The summed E-state index contributed by atoms with van der Waals surface area (Å²) in [4.78, 5) is 1.24. The van der Waals surface area contributed by atoms with Gasteiger partial charge >= 0.3 is 0 Å². The molecule has 1 aromatic carbocycles. The van der Waals surface area contributed by atoms with Crippen molar-refractivity contribution in [3.63, 3.8) is 0 Å². The van der Waals surface area contributed by atoms with Crippen LogP contribution >= 0.6 is 27.3 Å². The Labute approximate surface area is 120 Å². The van der Waals surface area contributed by atoms with Crippen LogP contribution in [0.1, 0.15) is 27.6 Å². The molecular formula is C14H16BrNOS. The molecule has 0 aliphatic carbocycles. The molecule has 2 N–H and O–H groups in total. The van der Waals surface area contributed by atoms with Crippen LogP contribution < -0.4 is 10.5 Å². The molecule has 0 spiro atoms. The maximum Gasteiger partial charge on any atom is 0.122 e. The van der Waals surface area contributed by atoms with E-state index in [0.717, 1.165) is 26.2 Å². The molecule has 0 aliphatic rings. The zero-order chi connectivity index (χ0) is 13.3. The van der Waals surface area contributed by atoms with Crippen LogP contribution in [0.2, 0.25) is 0 Å². The van der Waals surface area contributed by atoms with E-state index >= 15 is 0 Å². The van der Waals surface area contributed by atoms with Crippen molar-refractivity contribution < 1.29 is 4.74 Å². The molecule has 0 saturated carbocycles. The molecule has 18 heavy (non-hydrogen) atoms. The van der Waals surface area contributed by atoms with Crippen LogP contribution in [-0.4, -0.2) is 7.11 Å². The van der Waals surface area contributed by atoms with Crippen LogP contribution in [0, 0.1) is 13.8 Å². The number of hydrogen-bond acceptors (Lipinski definition) is 3. The van der Waals surface area contributed by atoms with Crippen LogP contribution in [0.3, 0.4) is 0 Å². The van der Waals surface area contributed by atoms with Crippen molar-refractivity contribution in [1.82, 2.24) is 0 Å². The molecule has 2 aromatic rings. The van der Waals surface area contributed by atoms with E-state index in [1.165, 1.54) is 4.88 Å². The molecule has 1 aromatic heterocycles. The van der Waals surface area contributed by atoms with Crippen molar-refractivity contribution in [2.45, 2.75) is 19.9 Å². The Hall–Kier alpha value is -0.840. The Morgan fingerprint density at radius 1 is 1.28 bits per heavy atom. The Bertz CT molecular complexity index is 565. The molecule has 1 atom stereocenters. The highest BCUT2D eigenvalue weighted by molar-refractivity contribution is 9.11. The average molecular weight is 326 g/mol. The molecule has 0 fully saturated rings. The number of hydrogen-bond donors (Lipinski definition) is 1. The number of methoxy groups -OCH3 is 1. The van der Waals surface area contributed by atoms with Crippen LogP contribution in [0.25, 0.3) is 0 Å². The molecule has 4 heteroatoms. The Kier molecular flexibility index (Phi) is 4.10. The summed E-state index contributed by atoms with van der Waals surface area (Å²) in [5.41, 5.74) is 9.70. The van der Waals surface area contributed by atoms with E-state index in [-0.39, 0.29) is 6.04 Å². The first-order valence-electron chi connectivity index (χ1n) is 5.69. The van der Waals surface area contributed by atoms with Crippen molar-refractivity contribution in [3.05, 3.63) is 49.6 Å². The minimum atomic E-state index is -0.109. The van der Waals surface area contributed by atoms with Crippen LogP contribution in [0.15, 0.2) is 28.1 Å². The number of thiophene rings is 1. The van der Waals surface area contributed by atoms with Gasteiger partial charge in [0.1, 0.15) is 5.75 Å². The minimum absolute atomic E-state index is 0.109. The maximum absolute atomic E-state index is 6.33. The third kappa shape index (κ3) is 2.60. The number of nitrogens with two attached hydrogens (primary N) is 1. The van der Waals surface area contributed by atoms with Gasteiger partial charge in [-0.25, -0.2) is 0 Å². The summed E-state index contributed by atoms with van der Waals surface area (Å²) in [5, 5.41) is 0. The van der Waals surface area contributed by atoms with Crippen molar-refractivity contribution in [3.8, 4) is 5.75 Å². The van der Waals surface area contributed by atoms with Gasteiger partial charge in [0.05, 0.1) is 16.9 Å². The van der Waals surface area contributed by atoms with Crippen molar-refractivity contribution in [2.75, 3.05) is 7.11 Å². The largest absolute Gasteiger partial charge is 0.496 e. The standard InChI is InChI=1S/C14H16BrNOS/c1-8-4-5-10(6-12(8)17-3)14(16)11-7-13(15)18-9(11)2/h4-7,14H,16H2,1-3H3. The lowest BCUT2D eigenvalue weighted by molar-refractivity contribution is 0.411. The summed E-state index contributed by atoms with van der Waals surface area (Å²) in [6.07, 6.45) is 0. The van der Waals surface area contributed by atoms with Crippen molar-refractivity contribution in [2.24, 2.45) is 5.73 Å². The summed E-state index contributed by atoms with van der Waals surface area (Å²) < 4.78 is 6.46. The summed E-state index contributed by atoms with van der Waals surface area (Å²) in [6.45, 7) is 4.12. The highest BCUT2D eigenvalue weighted by atomic mass is 79.9. The molecule has 0 radical (unpaired) electrons. The normalized spacial score (nSPS) is 12.5. The predicted molar refractivity (Wildman–Crippen MR) is 80.5 cm³/mol. The molecule has 96 valence electrons. The smallest absolute Gasteiger partial charge is 0.122 e. The lowest BCUT2D eigenvalue weighted by Crippen LogP contribution is -2.12. The molecule has 1 unspecified atom stereocenters. The quantitative estimate of drug-likeness (QED) is 0.918. The van der Waals surface area contributed by atoms with Crippen molar-refractivity contribution in [1.29, 1.82) is 0 Å². The number of aryl methyl sites for hydroxylation is 2. The second-order valence-corrected chi connectivity index (χ2v) is 6.90. The Balaban J connectivity index is 2.39. The third-order valence-corrected chi connectivity index (χ3v) is 4.62. The van der Waals surface area contributed by atoms with E-state index in [0.29, 0.717) is 0 Å². The van der Waals surface area contributed by atoms with E-state index in [9.17, 15) is 0 Å². The second-order valence-electron chi connectivity index (χ2n) is 4.27. The average Bonchev–Trinajstić information content (AvgIpc) is 2.68. The lowest BCUT2D eigenvalue weighted by Gasteiger charge is -2.14. The summed E-state index contributed by atoms with van der Waals surface area (Å²) in [6, 6.07) is 8.11. The molecule has 0 bridgehead atoms. The van der Waals surface area contributed by atoms with Gasteiger partial charge in [-0.3, -0.25) is 0 Å². The highest BCUT2D eigenvalue weighted by Gasteiger charge is 2.15. The van der Waals surface area contributed by atoms with E-state index in [1.807, 2.05) is 19.1 Å². The predicted octanol–water partition coefficient (Wildman–Crippen LogP) is 4.18. The zero-order valence-electron chi connectivity index (χ0n) is 10.7. The molecule has 1 heterocycles. The van der Waals surface area contributed by atoms with Gasteiger partial charge in [0.15, 0.2) is 0 Å². The first-order chi connectivity index (χ1) is 8.52. The first kappa shape index (κ1) is 13.6. The van der Waals surface area contributed by atoms with Gasteiger partial charge in [0.25, 0.3) is 0 Å². The second kappa shape index (κ2) is 5.43. The van der Waals surface area contributed by atoms with E-state index in [4.69, 9.17) is 10.5 Å². The van der Waals surface area contributed by atoms with Crippen LogP contribution in [-0.2, 0) is 0 Å². The van der Waals surface area contributed by atoms with Gasteiger partial charge < -0.3 is 10.5 Å². The topological polar surface area (TPSA) is 35.2 Å². The number of halogens is 1. The maximum atomic E-state index is 6.33. The van der Waals surface area contributed by atoms with E-state index < -0.39 is 0 Å². The fourth-order valence-corrected chi connectivity index (χ4v) is 3.73. The molecular weight excluding hydrogens is 310 g/mol. The zero-order valence-corrected chi connectivity index (χ0v) is 13.1. The van der Waals surface area contributed by atoms with E-state index in [2.05, 4.69) is 35.0 Å². The number of benzene rings is 1. The van der Waals surface area contributed by atoms with Crippen molar-refractivity contribution >= 4 is 27.3 Å². The van der Waals surface area contributed by atoms with Crippen LogP contribution in [0.5, 0.6) is 5.75 Å². The van der Waals surface area contributed by atoms with Gasteiger partial charge in [-0.05, 0) is 58.6 Å². The SMILES string of the molecule is COc1cc(C(N)c2cc(Br)sc2C)ccc1C. The number of rotatable bonds is 3. The van der Waals surface area contributed by atoms with Gasteiger partial charge in [-0.15, -0.1) is 11.3 Å². The number of ether oxygens (including phenoxy) is 1. The Morgan fingerprint density at radius 3 is 2.56 bits per heavy atom. The lowest BCUT2D eigenvalue weighted by atomic mass is 9.99. The fourth-order valence-electron chi connectivity index (χ4n) is 1.98. The summed E-state index contributed by atoms with van der Waals surface area (Å²) >= 11 is 5.21. The molecule has 0 amide bonds.